The fraction of sp³-hybridized carbons (Fsp3) is 0.292. The highest BCUT2D eigenvalue weighted by molar-refractivity contribution is 5.84. The molecule has 0 aliphatic carbocycles. The summed E-state index contributed by atoms with van der Waals surface area (Å²) in [5.41, 5.74) is -6.15. The number of carbonyl (C=O) groups is 1. The van der Waals surface area contributed by atoms with Crippen LogP contribution in [0.5, 0.6) is 0 Å². The van der Waals surface area contributed by atoms with Gasteiger partial charge in [-0.2, -0.15) is 26.3 Å². The number of hydrogen-bond acceptors (Lipinski definition) is 5. The molecule has 0 aliphatic rings. The molecule has 36 heavy (non-hydrogen) atoms. The molecule has 0 heterocycles. The lowest BCUT2D eigenvalue weighted by molar-refractivity contribution is -0.288. The van der Waals surface area contributed by atoms with E-state index in [1.807, 2.05) is 0 Å². The van der Waals surface area contributed by atoms with Crippen LogP contribution in [0.3, 0.4) is 0 Å². The number of alkyl halides is 6. The van der Waals surface area contributed by atoms with Crippen LogP contribution >= 0.6 is 0 Å². The molecule has 6 nitrogen and oxygen atoms in total. The maximum Gasteiger partial charge on any atom is 0.411 e. The molecule has 0 fully saturated rings. The van der Waals surface area contributed by atoms with Crippen molar-refractivity contribution in [2.24, 2.45) is 0 Å². The van der Waals surface area contributed by atoms with E-state index in [9.17, 15) is 31.1 Å². The van der Waals surface area contributed by atoms with Gasteiger partial charge in [-0.3, -0.25) is 5.32 Å². The van der Waals surface area contributed by atoms with Gasteiger partial charge < -0.3 is 19.5 Å². The Labute approximate surface area is 203 Å². The van der Waals surface area contributed by atoms with Gasteiger partial charge in [0.15, 0.2) is 0 Å². The second-order valence-corrected chi connectivity index (χ2v) is 7.16. The van der Waals surface area contributed by atoms with Crippen molar-refractivity contribution in [3.63, 3.8) is 0 Å². The van der Waals surface area contributed by atoms with E-state index in [1.165, 1.54) is 6.26 Å². The van der Waals surface area contributed by atoms with Crippen LogP contribution < -0.4 is 10.6 Å². The van der Waals surface area contributed by atoms with E-state index in [0.29, 0.717) is 17.8 Å². The van der Waals surface area contributed by atoms with E-state index >= 15 is 0 Å². The molecule has 0 aromatic heterocycles. The number of carbonyl (C=O) groups excluding carboxylic acids is 1. The van der Waals surface area contributed by atoms with Crippen molar-refractivity contribution in [3.8, 4) is 0 Å². The maximum atomic E-state index is 14.3. The summed E-state index contributed by atoms with van der Waals surface area (Å²) in [7, 11) is 0. The summed E-state index contributed by atoms with van der Waals surface area (Å²) in [6.07, 6.45) is -10.1. The van der Waals surface area contributed by atoms with Gasteiger partial charge >= 0.3 is 18.4 Å². The zero-order valence-electron chi connectivity index (χ0n) is 18.9. The first-order valence-corrected chi connectivity index (χ1v) is 10.4. The van der Waals surface area contributed by atoms with E-state index in [2.05, 4.69) is 23.8 Å². The van der Waals surface area contributed by atoms with Crippen molar-refractivity contribution < 1.29 is 45.3 Å². The van der Waals surface area contributed by atoms with Gasteiger partial charge in [0.2, 0.25) is 5.41 Å². The second-order valence-electron chi connectivity index (χ2n) is 7.16. The summed E-state index contributed by atoms with van der Waals surface area (Å²) in [6, 6.07) is 6.97. The Hall–Kier alpha value is -3.83. The van der Waals surface area contributed by atoms with Crippen molar-refractivity contribution in [1.82, 2.24) is 0 Å². The van der Waals surface area contributed by atoms with Crippen LogP contribution in [0.15, 0.2) is 74.2 Å². The molecule has 2 aromatic rings. The van der Waals surface area contributed by atoms with Crippen molar-refractivity contribution in [3.05, 3.63) is 85.3 Å². The van der Waals surface area contributed by atoms with Crippen LogP contribution in [0.2, 0.25) is 0 Å². The largest absolute Gasteiger partial charge is 0.500 e. The maximum absolute atomic E-state index is 14.3. The molecule has 0 aliphatic heterocycles. The van der Waals surface area contributed by atoms with E-state index in [1.54, 1.807) is 0 Å². The first-order chi connectivity index (χ1) is 17.0. The number of rotatable bonds is 12. The third-order valence-electron chi connectivity index (χ3n) is 4.95. The highest BCUT2D eigenvalue weighted by Crippen LogP contribution is 2.56. The molecular formula is C24H24F6N2O4. The molecule has 0 saturated heterocycles. The monoisotopic (exact) mass is 518 g/mol. The minimum atomic E-state index is -5.74. The van der Waals surface area contributed by atoms with Crippen molar-refractivity contribution >= 4 is 17.5 Å². The molecule has 1 amide bonds. The molecule has 0 radical (unpaired) electrons. The second kappa shape index (κ2) is 12.2. The van der Waals surface area contributed by atoms with Crippen molar-refractivity contribution in [2.75, 3.05) is 37.0 Å². The predicted octanol–water partition coefficient (Wildman–Crippen LogP) is 6.38. The summed E-state index contributed by atoms with van der Waals surface area (Å²) in [6.45, 7) is 7.00. The molecule has 2 aromatic carbocycles. The Morgan fingerprint density at radius 3 is 1.69 bits per heavy atom. The minimum Gasteiger partial charge on any atom is -0.500 e. The lowest BCUT2D eigenvalue weighted by Crippen LogP contribution is -2.54. The van der Waals surface area contributed by atoms with Crippen LogP contribution in [0.4, 0.5) is 42.5 Å². The van der Waals surface area contributed by atoms with Crippen LogP contribution in [0, 0.1) is 0 Å². The highest BCUT2D eigenvalue weighted by Gasteiger charge is 2.72. The molecule has 0 unspecified atom stereocenters. The van der Waals surface area contributed by atoms with Gasteiger partial charge in [-0.15, -0.1) is 0 Å². The first-order valence-electron chi connectivity index (χ1n) is 10.4. The van der Waals surface area contributed by atoms with Crippen LogP contribution in [-0.4, -0.2) is 44.8 Å². The Balaban J connectivity index is 2.36. The van der Waals surface area contributed by atoms with Gasteiger partial charge in [-0.25, -0.2) is 4.79 Å². The third kappa shape index (κ3) is 6.64. The minimum absolute atomic E-state index is 0.0203. The molecule has 12 heteroatoms. The number of halogens is 6. The first kappa shape index (κ1) is 28.4. The number of hydrogen-bond donors (Lipinski definition) is 2. The number of ether oxygens (including phenoxy) is 3. The number of benzene rings is 2. The fourth-order valence-electron chi connectivity index (χ4n) is 3.38. The van der Waals surface area contributed by atoms with E-state index in [4.69, 9.17) is 14.2 Å². The van der Waals surface area contributed by atoms with E-state index in [-0.39, 0.29) is 32.1 Å². The van der Waals surface area contributed by atoms with Crippen LogP contribution in [-0.2, 0) is 19.6 Å². The van der Waals surface area contributed by atoms with Gasteiger partial charge in [0.05, 0.1) is 12.5 Å². The summed E-state index contributed by atoms with van der Waals surface area (Å²) in [5, 5.41) is 5.04. The Bertz CT molecular complexity index is 991. The van der Waals surface area contributed by atoms with Crippen LogP contribution in [0.1, 0.15) is 11.1 Å². The summed E-state index contributed by atoms with van der Waals surface area (Å²) in [5.74, 6) is 0. The van der Waals surface area contributed by atoms with Crippen molar-refractivity contribution in [2.45, 2.75) is 17.8 Å². The topological polar surface area (TPSA) is 68.8 Å². The molecule has 0 atom stereocenters. The number of amides is 1. The fourth-order valence-corrected chi connectivity index (χ4v) is 3.38. The van der Waals surface area contributed by atoms with Gasteiger partial charge in [0, 0.05) is 17.9 Å². The van der Waals surface area contributed by atoms with Gasteiger partial charge in [0.1, 0.15) is 19.8 Å². The Morgan fingerprint density at radius 2 is 1.22 bits per heavy atom. The molecule has 2 N–H and O–H groups in total. The number of nitrogens with one attached hydrogen (secondary N) is 2. The molecule has 0 saturated carbocycles. The Kier molecular flexibility index (Phi) is 9.65. The normalized spacial score (nSPS) is 11.8. The lowest BCUT2D eigenvalue weighted by atomic mass is 9.73. The molecule has 0 bridgehead atoms. The number of anilines is 2. The zero-order valence-corrected chi connectivity index (χ0v) is 18.9. The summed E-state index contributed by atoms with van der Waals surface area (Å²) >= 11 is 0. The molecular weight excluding hydrogens is 494 g/mol. The van der Waals surface area contributed by atoms with Crippen molar-refractivity contribution in [1.29, 1.82) is 0 Å². The standard InChI is InChI=1S/C24H24F6N2O4/c1-3-34-14-13-31-19-9-5-17(6-10-19)22(23(25,26)27,24(28,29)30)18-7-11-20(12-8-18)32-21(33)36-16-15-35-4-2/h3-12,31H,1-2,13-16H2,(H,32,33). The average Bonchev–Trinajstić information content (AvgIpc) is 2.80. The molecule has 2 rings (SSSR count). The van der Waals surface area contributed by atoms with Gasteiger partial charge in [-0.05, 0) is 35.4 Å². The average molecular weight is 518 g/mol. The smallest absolute Gasteiger partial charge is 0.411 e. The lowest BCUT2D eigenvalue weighted by Gasteiger charge is -2.38. The summed E-state index contributed by atoms with van der Waals surface area (Å²) < 4.78 is 100. The van der Waals surface area contributed by atoms with E-state index in [0.717, 1.165) is 42.7 Å². The highest BCUT2D eigenvalue weighted by atomic mass is 19.4. The van der Waals surface area contributed by atoms with E-state index < -0.39 is 35.0 Å². The van der Waals surface area contributed by atoms with Crippen LogP contribution in [0.25, 0.3) is 0 Å². The Morgan fingerprint density at radius 1 is 0.750 bits per heavy atom. The SMILES string of the molecule is C=COCCNc1ccc(C(c2ccc(NC(=O)OCCOC=C)cc2)(C(F)(F)F)C(F)(F)F)cc1. The predicted molar refractivity (Wildman–Crippen MR) is 122 cm³/mol. The summed E-state index contributed by atoms with van der Waals surface area (Å²) in [4.78, 5) is 11.7. The van der Waals surface area contributed by atoms with Gasteiger partial charge in [-0.1, -0.05) is 37.4 Å². The third-order valence-corrected chi connectivity index (χ3v) is 4.95. The quantitative estimate of drug-likeness (QED) is 0.194. The zero-order chi connectivity index (χ0) is 26.8. The van der Waals surface area contributed by atoms with Gasteiger partial charge in [0.25, 0.3) is 0 Å². The molecule has 196 valence electrons. The molecule has 0 spiro atoms.